The molecule has 0 radical (unpaired) electrons. The normalized spacial score (nSPS) is 9.90. The topological polar surface area (TPSA) is 30.2 Å². The van der Waals surface area contributed by atoms with E-state index in [0.29, 0.717) is 0 Å². The van der Waals surface area contributed by atoms with Crippen LogP contribution in [-0.2, 0) is 0 Å². The highest BCUT2D eigenvalue weighted by molar-refractivity contribution is 9.18. The van der Waals surface area contributed by atoms with E-state index < -0.39 is 0 Å². The summed E-state index contributed by atoms with van der Waals surface area (Å²) in [6, 6.07) is 1.35. The van der Waals surface area contributed by atoms with Gasteiger partial charge in [-0.1, -0.05) is 11.6 Å². The van der Waals surface area contributed by atoms with Crippen molar-refractivity contribution in [2.45, 2.75) is 0 Å². The first-order valence-electron chi connectivity index (χ1n) is 2.26. The minimum atomic E-state index is -0.374. The van der Waals surface area contributed by atoms with Crippen LogP contribution in [0.4, 0.5) is 0 Å². The molecule has 0 N–H and O–H groups in total. The molecule has 0 fully saturated rings. The summed E-state index contributed by atoms with van der Waals surface area (Å²) >= 11 is 13.6. The number of carbonyl (C=O) groups is 1. The SMILES string of the molecule is O=C(Br)c1cc(Cl)c(Cl)o1. The van der Waals surface area contributed by atoms with E-state index in [9.17, 15) is 4.79 Å². The average Bonchev–Trinajstić information content (AvgIpc) is 2.13. The molecule has 0 saturated heterocycles. The molecule has 2 nitrogen and oxygen atoms in total. The van der Waals surface area contributed by atoms with Crippen molar-refractivity contribution < 1.29 is 9.21 Å². The predicted molar refractivity (Wildman–Crippen MR) is 42.0 cm³/mol. The van der Waals surface area contributed by atoms with Crippen molar-refractivity contribution in [3.8, 4) is 0 Å². The molecule has 0 aliphatic carbocycles. The maximum absolute atomic E-state index is 10.5. The molecule has 1 heterocycles. The van der Waals surface area contributed by atoms with Crippen LogP contribution in [0.25, 0.3) is 0 Å². The molecule has 54 valence electrons. The first kappa shape index (κ1) is 8.11. The Bertz CT molecular complexity index is 249. The van der Waals surface area contributed by atoms with Crippen molar-refractivity contribution in [1.82, 2.24) is 0 Å². The van der Waals surface area contributed by atoms with Gasteiger partial charge in [-0.05, 0) is 11.6 Å². The lowest BCUT2D eigenvalue weighted by Gasteiger charge is -1.79. The third kappa shape index (κ3) is 1.54. The van der Waals surface area contributed by atoms with E-state index in [1.807, 2.05) is 0 Å². The highest BCUT2D eigenvalue weighted by atomic mass is 79.9. The smallest absolute Gasteiger partial charge is 0.263 e. The molecule has 1 aromatic heterocycles. The van der Waals surface area contributed by atoms with Gasteiger partial charge in [0.1, 0.15) is 0 Å². The summed E-state index contributed by atoms with van der Waals surface area (Å²) in [5.41, 5.74) is 0. The molecule has 0 aliphatic heterocycles. The largest absolute Gasteiger partial charge is 0.439 e. The predicted octanol–water partition coefficient (Wildman–Crippen LogP) is 3.12. The van der Waals surface area contributed by atoms with Gasteiger partial charge in [-0.2, -0.15) is 0 Å². The van der Waals surface area contributed by atoms with Crippen molar-refractivity contribution in [2.24, 2.45) is 0 Å². The Kier molecular flexibility index (Phi) is 2.39. The quantitative estimate of drug-likeness (QED) is 0.710. The second-order valence-electron chi connectivity index (χ2n) is 1.51. The van der Waals surface area contributed by atoms with Crippen LogP contribution in [-0.4, -0.2) is 4.69 Å². The summed E-state index contributed by atoms with van der Waals surface area (Å²) in [5.74, 6) is 0.106. The molecule has 0 aliphatic rings. The van der Waals surface area contributed by atoms with Crippen LogP contribution in [0.2, 0.25) is 10.2 Å². The minimum Gasteiger partial charge on any atom is -0.439 e. The summed E-state index contributed by atoms with van der Waals surface area (Å²) in [6.07, 6.45) is 0. The summed E-state index contributed by atoms with van der Waals surface area (Å²) in [7, 11) is 0. The van der Waals surface area contributed by atoms with E-state index in [-0.39, 0.29) is 20.7 Å². The van der Waals surface area contributed by atoms with Gasteiger partial charge in [-0.25, -0.2) is 0 Å². The first-order valence-corrected chi connectivity index (χ1v) is 3.81. The van der Waals surface area contributed by atoms with Crippen molar-refractivity contribution >= 4 is 43.8 Å². The zero-order valence-electron chi connectivity index (χ0n) is 4.53. The van der Waals surface area contributed by atoms with Crippen molar-refractivity contribution in [2.75, 3.05) is 0 Å². The summed E-state index contributed by atoms with van der Waals surface area (Å²) in [5, 5.41) is 0.272. The third-order valence-electron chi connectivity index (χ3n) is 0.839. The van der Waals surface area contributed by atoms with Gasteiger partial charge in [-0.3, -0.25) is 4.79 Å². The van der Waals surface area contributed by atoms with E-state index >= 15 is 0 Å². The number of furan rings is 1. The molecule has 0 saturated carbocycles. The summed E-state index contributed by atoms with van der Waals surface area (Å²) in [6.45, 7) is 0. The highest BCUT2D eigenvalue weighted by Gasteiger charge is 2.10. The van der Waals surface area contributed by atoms with Crippen LogP contribution in [0, 0.1) is 0 Å². The van der Waals surface area contributed by atoms with Gasteiger partial charge >= 0.3 is 0 Å². The lowest BCUT2D eigenvalue weighted by Crippen LogP contribution is -1.80. The number of hydrogen-bond acceptors (Lipinski definition) is 2. The van der Waals surface area contributed by atoms with Crippen LogP contribution in [0.3, 0.4) is 0 Å². The van der Waals surface area contributed by atoms with Crippen LogP contribution >= 0.6 is 39.1 Å². The Morgan fingerprint density at radius 2 is 2.20 bits per heavy atom. The Balaban J connectivity index is 3.10. The van der Waals surface area contributed by atoms with Gasteiger partial charge < -0.3 is 4.42 Å². The average molecular weight is 244 g/mol. The molecule has 0 atom stereocenters. The molecule has 0 unspecified atom stereocenters. The zero-order valence-corrected chi connectivity index (χ0v) is 7.63. The fourth-order valence-electron chi connectivity index (χ4n) is 0.443. The summed E-state index contributed by atoms with van der Waals surface area (Å²) in [4.78, 5) is 10.5. The molecular weight excluding hydrogens is 243 g/mol. The number of rotatable bonds is 1. The Morgan fingerprint density at radius 1 is 1.60 bits per heavy atom. The van der Waals surface area contributed by atoms with Gasteiger partial charge in [0.05, 0.1) is 5.02 Å². The second kappa shape index (κ2) is 2.95. The summed E-state index contributed by atoms with van der Waals surface area (Å²) < 4.78 is 4.34. The first-order chi connectivity index (χ1) is 4.61. The van der Waals surface area contributed by atoms with Gasteiger partial charge in [0, 0.05) is 22.0 Å². The van der Waals surface area contributed by atoms with Crippen LogP contribution in [0.15, 0.2) is 10.5 Å². The fraction of sp³-hybridized carbons (Fsp3) is 0. The van der Waals surface area contributed by atoms with E-state index in [2.05, 4.69) is 15.9 Å². The number of carbonyl (C=O) groups excluding carboxylic acids is 1. The zero-order chi connectivity index (χ0) is 7.72. The molecule has 1 aromatic rings. The van der Waals surface area contributed by atoms with Crippen LogP contribution in [0.5, 0.6) is 0 Å². The van der Waals surface area contributed by atoms with E-state index in [1.165, 1.54) is 6.07 Å². The highest BCUT2D eigenvalue weighted by Crippen LogP contribution is 2.26. The van der Waals surface area contributed by atoms with E-state index in [4.69, 9.17) is 27.6 Å². The van der Waals surface area contributed by atoms with Gasteiger partial charge in [0.25, 0.3) is 4.69 Å². The monoisotopic (exact) mass is 242 g/mol. The molecule has 5 heteroatoms. The molecular formula is C5HBrCl2O2. The van der Waals surface area contributed by atoms with Crippen LogP contribution in [0.1, 0.15) is 10.6 Å². The maximum Gasteiger partial charge on any atom is 0.263 e. The standard InChI is InChI=1S/C5HBrCl2O2/c6-4(9)3-1-2(7)5(8)10-3/h1H. The Labute approximate surface area is 75.2 Å². The van der Waals surface area contributed by atoms with Crippen molar-refractivity contribution in [1.29, 1.82) is 0 Å². The lowest BCUT2D eigenvalue weighted by molar-refractivity contribution is 0.107. The molecule has 10 heavy (non-hydrogen) atoms. The number of halogens is 3. The van der Waals surface area contributed by atoms with Crippen molar-refractivity contribution in [3.05, 3.63) is 22.1 Å². The molecule has 0 bridgehead atoms. The van der Waals surface area contributed by atoms with Crippen LogP contribution < -0.4 is 0 Å². The minimum absolute atomic E-state index is 0.0319. The Hall–Kier alpha value is 0.01000. The maximum atomic E-state index is 10.5. The fourth-order valence-corrected chi connectivity index (χ4v) is 0.914. The van der Waals surface area contributed by atoms with Gasteiger partial charge in [0.2, 0.25) is 5.22 Å². The second-order valence-corrected chi connectivity index (χ2v) is 2.98. The van der Waals surface area contributed by atoms with Crippen molar-refractivity contribution in [3.63, 3.8) is 0 Å². The van der Waals surface area contributed by atoms with Gasteiger partial charge in [0.15, 0.2) is 5.76 Å². The number of hydrogen-bond donors (Lipinski definition) is 0. The molecule has 0 aromatic carbocycles. The lowest BCUT2D eigenvalue weighted by atomic mass is 10.5. The molecule has 1 rings (SSSR count). The van der Waals surface area contributed by atoms with E-state index in [1.54, 1.807) is 0 Å². The molecule has 0 spiro atoms. The third-order valence-corrected chi connectivity index (χ3v) is 1.89. The van der Waals surface area contributed by atoms with Gasteiger partial charge in [-0.15, -0.1) is 0 Å². The van der Waals surface area contributed by atoms with E-state index in [0.717, 1.165) is 0 Å². The molecule has 0 amide bonds. The Morgan fingerprint density at radius 3 is 2.40 bits per heavy atom.